The number of Topliss-reactive ketones (excluding diaryl/α,β-unsaturated/α-hetero) is 1. The van der Waals surface area contributed by atoms with E-state index in [0.717, 1.165) is 25.2 Å². The summed E-state index contributed by atoms with van der Waals surface area (Å²) in [6.07, 6.45) is 4.15. The fourth-order valence-corrected chi connectivity index (χ4v) is 1.92. The summed E-state index contributed by atoms with van der Waals surface area (Å²) in [5.41, 5.74) is 0.786. The minimum absolute atomic E-state index is 0.219. The molecule has 0 saturated carbocycles. The number of hydrogen-bond donors (Lipinski definition) is 2. The van der Waals surface area contributed by atoms with Gasteiger partial charge < -0.3 is 15.2 Å². The number of aromatic nitrogens is 1. The van der Waals surface area contributed by atoms with E-state index < -0.39 is 0 Å². The highest BCUT2D eigenvalue weighted by Gasteiger charge is 2.21. The van der Waals surface area contributed by atoms with Gasteiger partial charge in [-0.15, -0.1) is 0 Å². The molecule has 1 aromatic rings. The second-order valence-corrected chi connectivity index (χ2v) is 4.07. The predicted octanol–water partition coefficient (Wildman–Crippen LogP) is 0.491. The largest absolute Gasteiger partial charge is 0.367 e. The van der Waals surface area contributed by atoms with Crippen molar-refractivity contribution in [1.29, 1.82) is 0 Å². The molecule has 2 rings (SSSR count). The Morgan fingerprint density at radius 2 is 2.53 bits per heavy atom. The smallest absolute Gasteiger partial charge is 0.166 e. The molecule has 4 nitrogen and oxygen atoms in total. The minimum atomic E-state index is 0.219. The summed E-state index contributed by atoms with van der Waals surface area (Å²) in [5, 5.41) is 3.31. The maximum atomic E-state index is 11.8. The Morgan fingerprint density at radius 1 is 1.67 bits per heavy atom. The number of aromatic amines is 1. The van der Waals surface area contributed by atoms with E-state index >= 15 is 0 Å². The molecule has 1 aliphatic rings. The lowest BCUT2D eigenvalue weighted by Gasteiger charge is -2.32. The van der Waals surface area contributed by atoms with Gasteiger partial charge in [0.25, 0.3) is 0 Å². The van der Waals surface area contributed by atoms with Gasteiger partial charge in [-0.2, -0.15) is 0 Å². The van der Waals surface area contributed by atoms with Crippen LogP contribution in [-0.2, 0) is 0 Å². The first kappa shape index (κ1) is 10.4. The summed E-state index contributed by atoms with van der Waals surface area (Å²) in [6.45, 7) is 2.95. The average Bonchev–Trinajstić information content (AvgIpc) is 2.74. The third-order valence-corrected chi connectivity index (χ3v) is 2.99. The first-order valence-electron chi connectivity index (χ1n) is 5.34. The molecule has 1 fully saturated rings. The van der Waals surface area contributed by atoms with E-state index in [2.05, 4.69) is 22.2 Å². The molecular formula is C11H17N3O. The number of H-pyrrole nitrogens is 1. The Hall–Kier alpha value is -1.13. The zero-order valence-corrected chi connectivity index (χ0v) is 8.99. The fourth-order valence-electron chi connectivity index (χ4n) is 1.92. The van der Waals surface area contributed by atoms with E-state index in [1.807, 2.05) is 6.07 Å². The SMILES string of the molecule is CN1CCNCC1CC(=O)c1cc[nH]c1. The van der Waals surface area contributed by atoms with Crippen molar-refractivity contribution in [3.05, 3.63) is 24.0 Å². The van der Waals surface area contributed by atoms with Crippen molar-refractivity contribution >= 4 is 5.78 Å². The van der Waals surface area contributed by atoms with Crippen LogP contribution in [0.3, 0.4) is 0 Å². The summed E-state index contributed by atoms with van der Waals surface area (Å²) in [6, 6.07) is 2.17. The van der Waals surface area contributed by atoms with Crippen molar-refractivity contribution in [3.63, 3.8) is 0 Å². The third-order valence-electron chi connectivity index (χ3n) is 2.99. The molecule has 4 heteroatoms. The molecule has 0 aliphatic carbocycles. The van der Waals surface area contributed by atoms with Gasteiger partial charge in [0.15, 0.2) is 5.78 Å². The molecule has 2 heterocycles. The fraction of sp³-hybridized carbons (Fsp3) is 0.545. The number of rotatable bonds is 3. The minimum Gasteiger partial charge on any atom is -0.367 e. The molecule has 0 aromatic carbocycles. The van der Waals surface area contributed by atoms with Crippen LogP contribution in [0.2, 0.25) is 0 Å². The maximum Gasteiger partial charge on any atom is 0.166 e. The topological polar surface area (TPSA) is 48.1 Å². The molecular weight excluding hydrogens is 190 g/mol. The Balaban J connectivity index is 1.93. The van der Waals surface area contributed by atoms with Crippen LogP contribution in [0.4, 0.5) is 0 Å². The Morgan fingerprint density at radius 3 is 3.20 bits per heavy atom. The molecule has 82 valence electrons. The summed E-state index contributed by atoms with van der Waals surface area (Å²) in [7, 11) is 2.08. The number of hydrogen-bond acceptors (Lipinski definition) is 3. The number of ketones is 1. The van der Waals surface area contributed by atoms with E-state index in [4.69, 9.17) is 0 Å². The van der Waals surface area contributed by atoms with Gasteiger partial charge >= 0.3 is 0 Å². The van der Waals surface area contributed by atoms with E-state index in [-0.39, 0.29) is 5.78 Å². The molecule has 1 atom stereocenters. The van der Waals surface area contributed by atoms with Crippen molar-refractivity contribution in [2.75, 3.05) is 26.7 Å². The third kappa shape index (κ3) is 2.46. The van der Waals surface area contributed by atoms with Gasteiger partial charge in [0.1, 0.15) is 0 Å². The van der Waals surface area contributed by atoms with Crippen LogP contribution in [0.15, 0.2) is 18.5 Å². The van der Waals surface area contributed by atoms with E-state index in [1.54, 1.807) is 12.4 Å². The highest BCUT2D eigenvalue weighted by atomic mass is 16.1. The van der Waals surface area contributed by atoms with Crippen molar-refractivity contribution in [3.8, 4) is 0 Å². The number of nitrogens with zero attached hydrogens (tertiary/aromatic N) is 1. The monoisotopic (exact) mass is 207 g/mol. The quantitative estimate of drug-likeness (QED) is 0.709. The van der Waals surface area contributed by atoms with Crippen LogP contribution in [0, 0.1) is 0 Å². The Labute approximate surface area is 89.7 Å². The maximum absolute atomic E-state index is 11.8. The summed E-state index contributed by atoms with van der Waals surface area (Å²) in [5.74, 6) is 0.219. The van der Waals surface area contributed by atoms with Gasteiger partial charge in [-0.25, -0.2) is 0 Å². The van der Waals surface area contributed by atoms with E-state index in [0.29, 0.717) is 12.5 Å². The van der Waals surface area contributed by atoms with Crippen molar-refractivity contribution in [2.45, 2.75) is 12.5 Å². The van der Waals surface area contributed by atoms with Crippen molar-refractivity contribution in [2.24, 2.45) is 0 Å². The Kier molecular flexibility index (Phi) is 3.18. The highest BCUT2D eigenvalue weighted by molar-refractivity contribution is 5.96. The van der Waals surface area contributed by atoms with Crippen LogP contribution in [-0.4, -0.2) is 48.4 Å². The Bertz CT molecular complexity index is 321. The summed E-state index contributed by atoms with van der Waals surface area (Å²) in [4.78, 5) is 17.0. The second-order valence-electron chi connectivity index (χ2n) is 4.07. The number of nitrogens with one attached hydrogen (secondary N) is 2. The molecule has 1 unspecified atom stereocenters. The van der Waals surface area contributed by atoms with Gasteiger partial charge in [0.2, 0.25) is 0 Å². The van der Waals surface area contributed by atoms with Crippen molar-refractivity contribution in [1.82, 2.24) is 15.2 Å². The van der Waals surface area contributed by atoms with Gasteiger partial charge in [0, 0.05) is 50.1 Å². The molecule has 1 aliphatic heterocycles. The van der Waals surface area contributed by atoms with Crippen molar-refractivity contribution < 1.29 is 4.79 Å². The van der Waals surface area contributed by atoms with Crippen LogP contribution in [0.25, 0.3) is 0 Å². The van der Waals surface area contributed by atoms with Gasteiger partial charge in [0.05, 0.1) is 0 Å². The molecule has 0 amide bonds. The van der Waals surface area contributed by atoms with Gasteiger partial charge in [-0.05, 0) is 13.1 Å². The zero-order chi connectivity index (χ0) is 10.7. The molecule has 0 radical (unpaired) electrons. The average molecular weight is 207 g/mol. The normalized spacial score (nSPS) is 22.9. The van der Waals surface area contributed by atoms with Crippen LogP contribution in [0.1, 0.15) is 16.8 Å². The predicted molar refractivity (Wildman–Crippen MR) is 59.0 cm³/mol. The molecule has 1 aromatic heterocycles. The number of carbonyl (C=O) groups is 1. The highest BCUT2D eigenvalue weighted by Crippen LogP contribution is 2.09. The number of carbonyl (C=O) groups excluding carboxylic acids is 1. The lowest BCUT2D eigenvalue weighted by molar-refractivity contribution is 0.0917. The van der Waals surface area contributed by atoms with Crippen LogP contribution in [0.5, 0.6) is 0 Å². The van der Waals surface area contributed by atoms with Crippen LogP contribution >= 0.6 is 0 Å². The molecule has 2 N–H and O–H groups in total. The summed E-state index contributed by atoms with van der Waals surface area (Å²) < 4.78 is 0. The standard InChI is InChI=1S/C11H17N3O/c1-14-5-4-13-8-10(14)6-11(15)9-2-3-12-7-9/h2-3,7,10,12-13H,4-6,8H2,1H3. The second kappa shape index (κ2) is 4.59. The first-order valence-corrected chi connectivity index (χ1v) is 5.34. The molecule has 1 saturated heterocycles. The van der Waals surface area contributed by atoms with Gasteiger partial charge in [-0.1, -0.05) is 0 Å². The van der Waals surface area contributed by atoms with E-state index in [1.165, 1.54) is 0 Å². The number of likely N-dealkylation sites (N-methyl/N-ethyl adjacent to an activating group) is 1. The van der Waals surface area contributed by atoms with Crippen LogP contribution < -0.4 is 5.32 Å². The summed E-state index contributed by atoms with van der Waals surface area (Å²) >= 11 is 0. The number of piperazine rings is 1. The zero-order valence-electron chi connectivity index (χ0n) is 8.99. The molecule has 15 heavy (non-hydrogen) atoms. The van der Waals surface area contributed by atoms with Gasteiger partial charge in [-0.3, -0.25) is 4.79 Å². The van der Waals surface area contributed by atoms with E-state index in [9.17, 15) is 4.79 Å². The first-order chi connectivity index (χ1) is 7.27. The molecule has 0 bridgehead atoms. The lowest BCUT2D eigenvalue weighted by atomic mass is 10.0. The molecule has 0 spiro atoms. The lowest BCUT2D eigenvalue weighted by Crippen LogP contribution is -2.49.